The number of halogens is 1. The summed E-state index contributed by atoms with van der Waals surface area (Å²) < 4.78 is 3.17. The summed E-state index contributed by atoms with van der Waals surface area (Å²) in [5.74, 6) is 0. The Morgan fingerprint density at radius 2 is 2.06 bits per heavy atom. The molecule has 1 N–H and O–H groups in total. The average Bonchev–Trinajstić information content (AvgIpc) is 2.73. The maximum Gasteiger partial charge on any atom is 0.133 e. The fourth-order valence-corrected chi connectivity index (χ4v) is 2.04. The Hall–Kier alpha value is -1.33. The van der Waals surface area contributed by atoms with Gasteiger partial charge < -0.3 is 5.11 Å². The van der Waals surface area contributed by atoms with E-state index >= 15 is 0 Å². The zero-order valence-corrected chi connectivity index (χ0v) is 10.1. The molecule has 6 heteroatoms. The highest BCUT2D eigenvalue weighted by molar-refractivity contribution is 6.30. The van der Waals surface area contributed by atoms with E-state index in [1.807, 2.05) is 6.92 Å². The molecule has 0 saturated heterocycles. The highest BCUT2D eigenvalue weighted by Gasteiger charge is 2.22. The number of hydrogen-bond donors (Lipinski definition) is 1. The van der Waals surface area contributed by atoms with Crippen molar-refractivity contribution in [2.75, 3.05) is 0 Å². The normalized spacial score (nSPS) is 13.1. The van der Waals surface area contributed by atoms with Crippen LogP contribution in [0.2, 0.25) is 5.15 Å². The molecule has 0 aliphatic carbocycles. The second-order valence-electron chi connectivity index (χ2n) is 3.70. The van der Waals surface area contributed by atoms with E-state index in [0.717, 1.165) is 5.69 Å². The molecule has 0 spiro atoms. The fraction of sp³-hybridized carbons (Fsp3) is 0.400. The van der Waals surface area contributed by atoms with Gasteiger partial charge in [-0.3, -0.25) is 9.36 Å². The number of aromatic nitrogens is 4. The lowest BCUT2D eigenvalue weighted by Crippen LogP contribution is -2.07. The quantitative estimate of drug-likeness (QED) is 0.858. The summed E-state index contributed by atoms with van der Waals surface area (Å²) in [6, 6.07) is 1.76. The first-order chi connectivity index (χ1) is 7.52. The van der Waals surface area contributed by atoms with E-state index in [9.17, 15) is 5.11 Å². The van der Waals surface area contributed by atoms with E-state index < -0.39 is 6.10 Å². The SMILES string of the molecule is Cc1nn(C)c(Cl)c1C(O)c1ccnn1C. The summed E-state index contributed by atoms with van der Waals surface area (Å²) >= 11 is 6.09. The van der Waals surface area contributed by atoms with Crippen molar-refractivity contribution in [1.82, 2.24) is 19.6 Å². The lowest BCUT2D eigenvalue weighted by atomic mass is 10.1. The van der Waals surface area contributed by atoms with Crippen LogP contribution in [0.4, 0.5) is 0 Å². The largest absolute Gasteiger partial charge is 0.382 e. The molecular formula is C10H13ClN4O. The minimum atomic E-state index is -0.798. The summed E-state index contributed by atoms with van der Waals surface area (Å²) in [6.07, 6.45) is 0.840. The average molecular weight is 241 g/mol. The van der Waals surface area contributed by atoms with Crippen molar-refractivity contribution in [2.45, 2.75) is 13.0 Å². The maximum absolute atomic E-state index is 10.2. The van der Waals surface area contributed by atoms with Crippen molar-refractivity contribution in [2.24, 2.45) is 14.1 Å². The summed E-state index contributed by atoms with van der Waals surface area (Å²) in [6.45, 7) is 1.82. The van der Waals surface area contributed by atoms with Crippen LogP contribution in [-0.2, 0) is 14.1 Å². The molecule has 1 atom stereocenters. The first-order valence-electron chi connectivity index (χ1n) is 4.87. The van der Waals surface area contributed by atoms with Crippen molar-refractivity contribution >= 4 is 11.6 Å². The van der Waals surface area contributed by atoms with E-state index in [-0.39, 0.29) is 0 Å². The second-order valence-corrected chi connectivity index (χ2v) is 4.05. The van der Waals surface area contributed by atoms with Gasteiger partial charge in [-0.1, -0.05) is 11.6 Å². The molecule has 0 saturated carbocycles. The third kappa shape index (κ3) is 1.62. The molecule has 0 fully saturated rings. The number of aliphatic hydroxyl groups excluding tert-OH is 1. The molecule has 86 valence electrons. The number of aliphatic hydroxyl groups is 1. The second kappa shape index (κ2) is 3.92. The highest BCUT2D eigenvalue weighted by atomic mass is 35.5. The van der Waals surface area contributed by atoms with Gasteiger partial charge in [0, 0.05) is 25.9 Å². The van der Waals surface area contributed by atoms with E-state index in [1.54, 1.807) is 35.7 Å². The van der Waals surface area contributed by atoms with Crippen molar-refractivity contribution in [3.05, 3.63) is 34.4 Å². The first-order valence-corrected chi connectivity index (χ1v) is 5.25. The number of nitrogens with zero attached hydrogens (tertiary/aromatic N) is 4. The van der Waals surface area contributed by atoms with Crippen LogP contribution in [0.15, 0.2) is 12.3 Å². The Morgan fingerprint density at radius 3 is 2.50 bits per heavy atom. The molecule has 0 aliphatic rings. The summed E-state index contributed by atoms with van der Waals surface area (Å²) in [5, 5.41) is 18.9. The minimum Gasteiger partial charge on any atom is -0.382 e. The van der Waals surface area contributed by atoms with Gasteiger partial charge in [-0.25, -0.2) is 0 Å². The van der Waals surface area contributed by atoms with Gasteiger partial charge in [0.25, 0.3) is 0 Å². The van der Waals surface area contributed by atoms with Crippen LogP contribution < -0.4 is 0 Å². The molecule has 2 heterocycles. The van der Waals surface area contributed by atoms with Gasteiger partial charge in [0.05, 0.1) is 11.4 Å². The lowest BCUT2D eigenvalue weighted by molar-refractivity contribution is 0.209. The molecule has 0 radical (unpaired) electrons. The maximum atomic E-state index is 10.2. The Balaban J connectivity index is 2.49. The molecule has 5 nitrogen and oxygen atoms in total. The van der Waals surface area contributed by atoms with Gasteiger partial charge in [-0.05, 0) is 13.0 Å². The fourth-order valence-electron chi connectivity index (χ4n) is 1.76. The highest BCUT2D eigenvalue weighted by Crippen LogP contribution is 2.29. The van der Waals surface area contributed by atoms with Crippen LogP contribution in [0.25, 0.3) is 0 Å². The van der Waals surface area contributed by atoms with Crippen LogP contribution in [0.5, 0.6) is 0 Å². The summed E-state index contributed by atoms with van der Waals surface area (Å²) in [4.78, 5) is 0. The third-order valence-electron chi connectivity index (χ3n) is 2.61. The number of rotatable bonds is 2. The molecule has 16 heavy (non-hydrogen) atoms. The van der Waals surface area contributed by atoms with Crippen LogP contribution in [0.1, 0.15) is 23.1 Å². The predicted molar refractivity (Wildman–Crippen MR) is 60.2 cm³/mol. The summed E-state index contributed by atoms with van der Waals surface area (Å²) in [5.41, 5.74) is 2.05. The zero-order valence-electron chi connectivity index (χ0n) is 9.35. The smallest absolute Gasteiger partial charge is 0.133 e. The standard InChI is InChI=1S/C10H13ClN4O/c1-6-8(10(11)15(3)13-6)9(16)7-4-5-12-14(7)2/h4-5,9,16H,1-3H3. The van der Waals surface area contributed by atoms with Gasteiger partial charge in [0.2, 0.25) is 0 Å². The molecule has 0 aliphatic heterocycles. The van der Waals surface area contributed by atoms with Crippen LogP contribution in [-0.4, -0.2) is 24.7 Å². The Labute approximate surface area is 98.3 Å². The molecule has 0 bridgehead atoms. The molecule has 0 amide bonds. The zero-order chi connectivity index (χ0) is 11.9. The number of aryl methyl sites for hydroxylation is 3. The third-order valence-corrected chi connectivity index (χ3v) is 3.06. The van der Waals surface area contributed by atoms with Crippen LogP contribution in [0.3, 0.4) is 0 Å². The Kier molecular flexibility index (Phi) is 2.73. The molecular weight excluding hydrogens is 228 g/mol. The molecule has 1 unspecified atom stereocenters. The van der Waals surface area contributed by atoms with Gasteiger partial charge >= 0.3 is 0 Å². The first kappa shape index (κ1) is 11.2. The predicted octanol–water partition coefficient (Wildman–Crippen LogP) is 1.20. The Morgan fingerprint density at radius 1 is 1.38 bits per heavy atom. The van der Waals surface area contributed by atoms with Crippen molar-refractivity contribution < 1.29 is 5.11 Å². The van der Waals surface area contributed by atoms with E-state index in [2.05, 4.69) is 10.2 Å². The molecule has 2 rings (SSSR count). The number of hydrogen-bond acceptors (Lipinski definition) is 3. The molecule has 2 aromatic rings. The van der Waals surface area contributed by atoms with E-state index in [4.69, 9.17) is 11.6 Å². The molecule has 0 aromatic carbocycles. The van der Waals surface area contributed by atoms with Crippen molar-refractivity contribution in [3.63, 3.8) is 0 Å². The van der Waals surface area contributed by atoms with Crippen molar-refractivity contribution in [3.8, 4) is 0 Å². The van der Waals surface area contributed by atoms with E-state index in [0.29, 0.717) is 16.4 Å². The van der Waals surface area contributed by atoms with Crippen LogP contribution >= 0.6 is 11.6 Å². The minimum absolute atomic E-state index is 0.450. The lowest BCUT2D eigenvalue weighted by Gasteiger charge is -2.10. The summed E-state index contributed by atoms with van der Waals surface area (Å²) in [7, 11) is 3.52. The monoisotopic (exact) mass is 240 g/mol. The van der Waals surface area contributed by atoms with Gasteiger partial charge in [0.1, 0.15) is 11.3 Å². The van der Waals surface area contributed by atoms with Gasteiger partial charge in [0.15, 0.2) is 0 Å². The van der Waals surface area contributed by atoms with Gasteiger partial charge in [-0.2, -0.15) is 10.2 Å². The van der Waals surface area contributed by atoms with Crippen molar-refractivity contribution in [1.29, 1.82) is 0 Å². The Bertz CT molecular complexity index is 517. The van der Waals surface area contributed by atoms with E-state index in [1.165, 1.54) is 0 Å². The molecule has 2 aromatic heterocycles. The van der Waals surface area contributed by atoms with Crippen LogP contribution in [0, 0.1) is 6.92 Å². The van der Waals surface area contributed by atoms with Gasteiger partial charge in [-0.15, -0.1) is 0 Å². The topological polar surface area (TPSA) is 55.9 Å².